The van der Waals surface area contributed by atoms with Gasteiger partial charge in [0, 0.05) is 19.1 Å². The second-order valence-corrected chi connectivity index (χ2v) is 4.56. The van der Waals surface area contributed by atoms with Crippen molar-refractivity contribution in [3.8, 4) is 0 Å². The van der Waals surface area contributed by atoms with E-state index in [0.717, 1.165) is 30.2 Å². The van der Waals surface area contributed by atoms with Crippen LogP contribution in [0.2, 0.25) is 0 Å². The molecule has 1 aromatic rings. The van der Waals surface area contributed by atoms with Crippen molar-refractivity contribution in [2.24, 2.45) is 5.73 Å². The third-order valence-electron chi connectivity index (χ3n) is 2.47. The topological polar surface area (TPSA) is 57.4 Å². The molecule has 0 saturated carbocycles. The van der Waals surface area contributed by atoms with Gasteiger partial charge in [0.25, 0.3) is 0 Å². The van der Waals surface area contributed by atoms with Gasteiger partial charge in [-0.1, -0.05) is 0 Å². The van der Waals surface area contributed by atoms with E-state index in [4.69, 9.17) is 15.2 Å². The highest BCUT2D eigenvalue weighted by atomic mass is 32.1. The summed E-state index contributed by atoms with van der Waals surface area (Å²) in [4.78, 5) is 4.50. The number of methoxy groups -OCH3 is 1. The van der Waals surface area contributed by atoms with Gasteiger partial charge in [-0.05, 0) is 12.8 Å². The van der Waals surface area contributed by atoms with E-state index < -0.39 is 0 Å². The lowest BCUT2D eigenvalue weighted by Gasteiger charge is -2.07. The van der Waals surface area contributed by atoms with Crippen LogP contribution in [-0.2, 0) is 9.47 Å². The van der Waals surface area contributed by atoms with Crippen LogP contribution in [-0.4, -0.2) is 25.3 Å². The monoisotopic (exact) mass is 228 g/mol. The fourth-order valence-corrected chi connectivity index (χ4v) is 2.62. The molecule has 1 fully saturated rings. The van der Waals surface area contributed by atoms with Crippen molar-refractivity contribution in [2.45, 2.75) is 25.0 Å². The summed E-state index contributed by atoms with van der Waals surface area (Å²) in [5, 5.41) is 3.05. The van der Waals surface area contributed by atoms with Crippen LogP contribution in [0.3, 0.4) is 0 Å². The zero-order valence-corrected chi connectivity index (χ0v) is 9.63. The van der Waals surface area contributed by atoms with Crippen LogP contribution in [0.15, 0.2) is 5.38 Å². The fraction of sp³-hybridized carbons (Fsp3) is 0.700. The predicted molar refractivity (Wildman–Crippen MR) is 58.8 cm³/mol. The smallest absolute Gasteiger partial charge is 0.122 e. The van der Waals surface area contributed by atoms with E-state index in [1.165, 1.54) is 0 Å². The van der Waals surface area contributed by atoms with Crippen LogP contribution >= 0.6 is 11.3 Å². The van der Waals surface area contributed by atoms with E-state index in [2.05, 4.69) is 4.98 Å². The van der Waals surface area contributed by atoms with Gasteiger partial charge in [0.1, 0.15) is 11.1 Å². The summed E-state index contributed by atoms with van der Waals surface area (Å²) < 4.78 is 10.6. The van der Waals surface area contributed by atoms with E-state index in [9.17, 15) is 0 Å². The summed E-state index contributed by atoms with van der Waals surface area (Å²) in [6.45, 7) is 1.36. The Morgan fingerprint density at radius 1 is 1.80 bits per heavy atom. The Morgan fingerprint density at radius 3 is 3.33 bits per heavy atom. The molecule has 0 spiro atoms. The number of nitrogens with two attached hydrogens (primary N) is 1. The molecule has 1 aromatic heterocycles. The molecule has 0 radical (unpaired) electrons. The zero-order valence-electron chi connectivity index (χ0n) is 8.81. The van der Waals surface area contributed by atoms with Crippen LogP contribution in [0.5, 0.6) is 0 Å². The Kier molecular flexibility index (Phi) is 3.69. The normalized spacial score (nSPS) is 23.2. The number of hydrogen-bond acceptors (Lipinski definition) is 5. The molecule has 1 aliphatic rings. The Hall–Kier alpha value is -0.490. The molecule has 15 heavy (non-hydrogen) atoms. The summed E-state index contributed by atoms with van der Waals surface area (Å²) in [6.07, 6.45) is 2.40. The number of rotatable bonds is 4. The van der Waals surface area contributed by atoms with Crippen molar-refractivity contribution < 1.29 is 9.47 Å². The molecule has 0 bridgehead atoms. The van der Waals surface area contributed by atoms with Gasteiger partial charge in [0.05, 0.1) is 18.3 Å². The van der Waals surface area contributed by atoms with Gasteiger partial charge < -0.3 is 15.2 Å². The lowest BCUT2D eigenvalue weighted by molar-refractivity contribution is 0.111. The number of thiazole rings is 1. The molecule has 1 aliphatic heterocycles. The standard InChI is InChI=1S/C10H16N2O2S/c1-13-5-7(11)8-6-15-10(12-8)9-3-2-4-14-9/h6-7,9H,2-5,11H2,1H3. The molecule has 0 amide bonds. The van der Waals surface area contributed by atoms with Crippen LogP contribution in [0.4, 0.5) is 0 Å². The molecule has 2 unspecified atom stereocenters. The maximum atomic E-state index is 5.90. The maximum absolute atomic E-state index is 5.90. The molecule has 84 valence electrons. The highest BCUT2D eigenvalue weighted by molar-refractivity contribution is 7.09. The van der Waals surface area contributed by atoms with Gasteiger partial charge in [-0.2, -0.15) is 0 Å². The highest BCUT2D eigenvalue weighted by Crippen LogP contribution is 2.31. The Bertz CT molecular complexity index is 310. The van der Waals surface area contributed by atoms with Crippen molar-refractivity contribution in [2.75, 3.05) is 20.3 Å². The van der Waals surface area contributed by atoms with E-state index in [1.54, 1.807) is 18.4 Å². The number of aromatic nitrogens is 1. The first-order valence-corrected chi connectivity index (χ1v) is 6.00. The first-order valence-electron chi connectivity index (χ1n) is 5.12. The van der Waals surface area contributed by atoms with E-state index in [1.807, 2.05) is 5.38 Å². The Labute approximate surface area is 93.4 Å². The third kappa shape index (κ3) is 2.55. The largest absolute Gasteiger partial charge is 0.383 e. The quantitative estimate of drug-likeness (QED) is 0.851. The Balaban J connectivity index is 2.02. The molecule has 2 atom stereocenters. The molecule has 2 rings (SSSR count). The lowest BCUT2D eigenvalue weighted by atomic mass is 10.2. The minimum Gasteiger partial charge on any atom is -0.383 e. The van der Waals surface area contributed by atoms with Gasteiger partial charge in [0.2, 0.25) is 0 Å². The summed E-state index contributed by atoms with van der Waals surface area (Å²) in [5.74, 6) is 0. The molecular formula is C10H16N2O2S. The average molecular weight is 228 g/mol. The van der Waals surface area contributed by atoms with E-state index in [0.29, 0.717) is 6.61 Å². The second kappa shape index (κ2) is 5.03. The van der Waals surface area contributed by atoms with Gasteiger partial charge in [-0.25, -0.2) is 4.98 Å². The maximum Gasteiger partial charge on any atom is 0.122 e. The second-order valence-electron chi connectivity index (χ2n) is 3.67. The first-order chi connectivity index (χ1) is 7.31. The first kappa shape index (κ1) is 11.0. The molecular weight excluding hydrogens is 212 g/mol. The molecule has 1 saturated heterocycles. The summed E-state index contributed by atoms with van der Waals surface area (Å²) in [5.41, 5.74) is 6.81. The summed E-state index contributed by atoms with van der Waals surface area (Å²) >= 11 is 1.63. The molecule has 2 N–H and O–H groups in total. The molecule has 0 aromatic carbocycles. The average Bonchev–Trinajstić information content (AvgIpc) is 2.89. The van der Waals surface area contributed by atoms with E-state index >= 15 is 0 Å². The highest BCUT2D eigenvalue weighted by Gasteiger charge is 2.21. The third-order valence-corrected chi connectivity index (χ3v) is 3.43. The van der Waals surface area contributed by atoms with Crippen LogP contribution < -0.4 is 5.73 Å². The van der Waals surface area contributed by atoms with E-state index in [-0.39, 0.29) is 12.1 Å². The van der Waals surface area contributed by atoms with Crippen LogP contribution in [0.25, 0.3) is 0 Å². The molecule has 0 aliphatic carbocycles. The molecule has 2 heterocycles. The molecule has 4 nitrogen and oxygen atoms in total. The number of nitrogens with zero attached hydrogens (tertiary/aromatic N) is 1. The van der Waals surface area contributed by atoms with Gasteiger partial charge in [-0.15, -0.1) is 11.3 Å². The van der Waals surface area contributed by atoms with Crippen molar-refractivity contribution in [3.05, 3.63) is 16.1 Å². The minimum absolute atomic E-state index is 0.124. The number of ether oxygens (including phenoxy) is 2. The number of hydrogen-bond donors (Lipinski definition) is 1. The van der Waals surface area contributed by atoms with Gasteiger partial charge in [-0.3, -0.25) is 0 Å². The van der Waals surface area contributed by atoms with Crippen molar-refractivity contribution in [3.63, 3.8) is 0 Å². The molecule has 5 heteroatoms. The predicted octanol–water partition coefficient (Wildman–Crippen LogP) is 1.64. The Morgan fingerprint density at radius 2 is 2.67 bits per heavy atom. The fourth-order valence-electron chi connectivity index (χ4n) is 1.66. The van der Waals surface area contributed by atoms with Gasteiger partial charge in [0.15, 0.2) is 0 Å². The SMILES string of the molecule is COCC(N)c1csc(C2CCCO2)n1. The summed E-state index contributed by atoms with van der Waals surface area (Å²) in [7, 11) is 1.65. The van der Waals surface area contributed by atoms with Crippen LogP contribution in [0.1, 0.15) is 35.7 Å². The van der Waals surface area contributed by atoms with Crippen molar-refractivity contribution >= 4 is 11.3 Å². The van der Waals surface area contributed by atoms with Crippen LogP contribution in [0, 0.1) is 0 Å². The zero-order chi connectivity index (χ0) is 10.7. The van der Waals surface area contributed by atoms with Crippen molar-refractivity contribution in [1.29, 1.82) is 0 Å². The lowest BCUT2D eigenvalue weighted by Crippen LogP contribution is -2.16. The van der Waals surface area contributed by atoms with Crippen molar-refractivity contribution in [1.82, 2.24) is 4.98 Å². The van der Waals surface area contributed by atoms with Gasteiger partial charge >= 0.3 is 0 Å². The summed E-state index contributed by atoms with van der Waals surface area (Å²) in [6, 6.07) is -0.124. The minimum atomic E-state index is -0.124.